The number of rotatable bonds is 7. The average molecular weight is 409 g/mol. The highest BCUT2D eigenvalue weighted by atomic mass is 19.1. The maximum absolute atomic E-state index is 13.1. The summed E-state index contributed by atoms with van der Waals surface area (Å²) in [5, 5.41) is 10.0. The van der Waals surface area contributed by atoms with Gasteiger partial charge in [0.25, 0.3) is 5.91 Å². The number of aromatic nitrogens is 2. The predicted molar refractivity (Wildman–Crippen MR) is 110 cm³/mol. The van der Waals surface area contributed by atoms with Gasteiger partial charge in [-0.3, -0.25) is 4.79 Å². The van der Waals surface area contributed by atoms with Gasteiger partial charge in [-0.15, -0.1) is 0 Å². The van der Waals surface area contributed by atoms with Gasteiger partial charge in [0.05, 0.1) is 12.9 Å². The van der Waals surface area contributed by atoms with Crippen molar-refractivity contribution in [1.82, 2.24) is 14.5 Å². The molecule has 1 aromatic heterocycles. The van der Waals surface area contributed by atoms with Crippen molar-refractivity contribution in [2.24, 2.45) is 0 Å². The first-order chi connectivity index (χ1) is 14.6. The van der Waals surface area contributed by atoms with E-state index in [1.54, 1.807) is 59.7 Å². The van der Waals surface area contributed by atoms with Gasteiger partial charge in [0.15, 0.2) is 0 Å². The number of carbonyl (C=O) groups is 1. The largest absolute Gasteiger partial charge is 0.491 e. The molecule has 6 nitrogen and oxygen atoms in total. The highest BCUT2D eigenvalue weighted by Crippen LogP contribution is 2.28. The number of halogens is 1. The van der Waals surface area contributed by atoms with Crippen molar-refractivity contribution in [2.75, 3.05) is 19.7 Å². The summed E-state index contributed by atoms with van der Waals surface area (Å²) in [6.07, 6.45) is 5.29. The van der Waals surface area contributed by atoms with Gasteiger partial charge < -0.3 is 19.3 Å². The van der Waals surface area contributed by atoms with Crippen LogP contribution in [0.1, 0.15) is 28.3 Å². The molecule has 1 amide bonds. The number of aliphatic hydroxyl groups excluding tert-OH is 1. The van der Waals surface area contributed by atoms with Crippen LogP contribution in [-0.2, 0) is 6.54 Å². The summed E-state index contributed by atoms with van der Waals surface area (Å²) >= 11 is 0. The third kappa shape index (κ3) is 4.86. The molecule has 2 atom stereocenters. The summed E-state index contributed by atoms with van der Waals surface area (Å²) in [5.74, 6) is 0.559. The minimum atomic E-state index is -0.659. The highest BCUT2D eigenvalue weighted by Gasteiger charge is 2.28. The molecule has 3 aromatic rings. The number of carbonyl (C=O) groups excluding carboxylic acids is 1. The summed E-state index contributed by atoms with van der Waals surface area (Å²) in [5.41, 5.74) is 1.66. The normalized spacial score (nSPS) is 17.1. The average Bonchev–Trinajstić information content (AvgIpc) is 3.45. The lowest BCUT2D eigenvalue weighted by Crippen LogP contribution is -2.28. The van der Waals surface area contributed by atoms with Gasteiger partial charge in [-0.25, -0.2) is 9.37 Å². The first-order valence-corrected chi connectivity index (χ1v) is 10.00. The van der Waals surface area contributed by atoms with E-state index in [0.29, 0.717) is 30.9 Å². The second-order valence-corrected chi connectivity index (χ2v) is 7.54. The number of likely N-dealkylation sites (tertiary alicyclic amines) is 1. The molecule has 30 heavy (non-hydrogen) atoms. The second kappa shape index (κ2) is 9.09. The van der Waals surface area contributed by atoms with Crippen LogP contribution >= 0.6 is 0 Å². The fourth-order valence-electron chi connectivity index (χ4n) is 3.71. The number of benzene rings is 2. The van der Waals surface area contributed by atoms with Crippen LogP contribution in [-0.4, -0.2) is 51.3 Å². The molecule has 156 valence electrons. The van der Waals surface area contributed by atoms with E-state index in [1.165, 1.54) is 12.1 Å². The van der Waals surface area contributed by atoms with Crippen LogP contribution in [0.4, 0.5) is 4.39 Å². The van der Waals surface area contributed by atoms with Crippen LogP contribution in [0.2, 0.25) is 0 Å². The summed E-state index contributed by atoms with van der Waals surface area (Å²) in [6.45, 7) is 1.86. The summed E-state index contributed by atoms with van der Waals surface area (Å²) < 4.78 is 20.5. The van der Waals surface area contributed by atoms with Gasteiger partial charge in [-0.2, -0.15) is 0 Å². The maximum Gasteiger partial charge on any atom is 0.253 e. The molecule has 0 radical (unpaired) electrons. The second-order valence-electron chi connectivity index (χ2n) is 7.54. The Labute approximate surface area is 174 Å². The minimum Gasteiger partial charge on any atom is -0.491 e. The third-order valence-corrected chi connectivity index (χ3v) is 5.34. The van der Waals surface area contributed by atoms with Crippen LogP contribution in [0.25, 0.3) is 0 Å². The molecule has 1 aliphatic rings. The van der Waals surface area contributed by atoms with E-state index in [1.807, 2.05) is 4.90 Å². The Kier molecular flexibility index (Phi) is 6.09. The fraction of sp³-hybridized carbons (Fsp3) is 0.304. The van der Waals surface area contributed by atoms with Crippen molar-refractivity contribution < 1.29 is 19.0 Å². The summed E-state index contributed by atoms with van der Waals surface area (Å²) in [4.78, 5) is 18.6. The van der Waals surface area contributed by atoms with E-state index < -0.39 is 6.10 Å². The van der Waals surface area contributed by atoms with E-state index in [9.17, 15) is 14.3 Å². The zero-order valence-corrected chi connectivity index (χ0v) is 16.5. The van der Waals surface area contributed by atoms with E-state index in [-0.39, 0.29) is 24.2 Å². The van der Waals surface area contributed by atoms with Gasteiger partial charge in [0, 0.05) is 37.0 Å². The minimum absolute atomic E-state index is 0.0219. The van der Waals surface area contributed by atoms with Crippen LogP contribution in [0.3, 0.4) is 0 Å². The molecule has 2 heterocycles. The van der Waals surface area contributed by atoms with Gasteiger partial charge in [-0.1, -0.05) is 12.1 Å². The Morgan fingerprint density at radius 3 is 2.67 bits per heavy atom. The molecule has 1 fully saturated rings. The number of ether oxygens (including phenoxy) is 1. The molecular formula is C23H24FN3O3. The lowest BCUT2D eigenvalue weighted by atomic mass is 9.99. The van der Waals surface area contributed by atoms with Crippen molar-refractivity contribution in [3.05, 3.63) is 84.2 Å². The summed E-state index contributed by atoms with van der Waals surface area (Å²) in [6, 6.07) is 13.5. The van der Waals surface area contributed by atoms with Crippen molar-refractivity contribution in [3.63, 3.8) is 0 Å². The van der Waals surface area contributed by atoms with E-state index in [2.05, 4.69) is 4.98 Å². The fourth-order valence-corrected chi connectivity index (χ4v) is 3.71. The zero-order chi connectivity index (χ0) is 20.9. The van der Waals surface area contributed by atoms with Gasteiger partial charge in [0.2, 0.25) is 0 Å². The van der Waals surface area contributed by atoms with Crippen molar-refractivity contribution >= 4 is 5.91 Å². The Bertz CT molecular complexity index is 958. The molecule has 7 heteroatoms. The Balaban J connectivity index is 1.29. The van der Waals surface area contributed by atoms with E-state index >= 15 is 0 Å². The molecule has 0 saturated carbocycles. The topological polar surface area (TPSA) is 67.6 Å². The Morgan fingerprint density at radius 2 is 1.97 bits per heavy atom. The van der Waals surface area contributed by atoms with Gasteiger partial charge in [-0.05, 0) is 48.4 Å². The Morgan fingerprint density at radius 1 is 1.20 bits per heavy atom. The van der Waals surface area contributed by atoms with Crippen molar-refractivity contribution in [1.29, 1.82) is 0 Å². The van der Waals surface area contributed by atoms with Crippen LogP contribution < -0.4 is 4.74 Å². The highest BCUT2D eigenvalue weighted by molar-refractivity contribution is 5.94. The molecule has 2 aromatic carbocycles. The monoisotopic (exact) mass is 409 g/mol. The van der Waals surface area contributed by atoms with Crippen LogP contribution in [0, 0.1) is 5.82 Å². The predicted octanol–water partition coefficient (Wildman–Crippen LogP) is 3.09. The third-order valence-electron chi connectivity index (χ3n) is 5.34. The first-order valence-electron chi connectivity index (χ1n) is 10.00. The molecule has 1 N–H and O–H groups in total. The standard InChI is InChI=1S/C23H24FN3O3/c24-20-5-1-17(2-6-20)19-9-11-27(13-19)23(29)18-3-7-22(8-4-18)30-15-21(28)14-26-12-10-25-16-26/h1-8,10,12,16,19,21,28H,9,11,13-15H2. The van der Waals surface area contributed by atoms with E-state index in [0.717, 1.165) is 12.0 Å². The van der Waals surface area contributed by atoms with Crippen LogP contribution in [0.5, 0.6) is 5.75 Å². The SMILES string of the molecule is O=C(c1ccc(OCC(O)Cn2ccnc2)cc1)N1CCC(c2ccc(F)cc2)C1. The lowest BCUT2D eigenvalue weighted by Gasteiger charge is -2.17. The number of hydrogen-bond donors (Lipinski definition) is 1. The molecule has 1 saturated heterocycles. The molecule has 4 rings (SSSR count). The smallest absolute Gasteiger partial charge is 0.253 e. The molecule has 1 aliphatic heterocycles. The van der Waals surface area contributed by atoms with Crippen LogP contribution in [0.15, 0.2) is 67.3 Å². The summed E-state index contributed by atoms with van der Waals surface area (Å²) in [7, 11) is 0. The molecule has 2 unspecified atom stereocenters. The van der Waals surface area contributed by atoms with Crippen molar-refractivity contribution in [2.45, 2.75) is 25.0 Å². The quantitative estimate of drug-likeness (QED) is 0.651. The Hall–Kier alpha value is -3.19. The van der Waals surface area contributed by atoms with Gasteiger partial charge in [0.1, 0.15) is 24.3 Å². The number of hydrogen-bond acceptors (Lipinski definition) is 4. The zero-order valence-electron chi connectivity index (χ0n) is 16.5. The first kappa shape index (κ1) is 20.1. The molecule has 0 aliphatic carbocycles. The number of nitrogens with zero attached hydrogens (tertiary/aromatic N) is 3. The van der Waals surface area contributed by atoms with E-state index in [4.69, 9.17) is 4.74 Å². The van der Waals surface area contributed by atoms with Crippen molar-refractivity contribution in [3.8, 4) is 5.75 Å². The number of imidazole rings is 1. The van der Waals surface area contributed by atoms with Gasteiger partial charge >= 0.3 is 0 Å². The lowest BCUT2D eigenvalue weighted by molar-refractivity contribution is 0.0790. The number of amides is 1. The maximum atomic E-state index is 13.1. The molecule has 0 spiro atoms. The molecular weight excluding hydrogens is 385 g/mol. The number of aliphatic hydroxyl groups is 1. The molecule has 0 bridgehead atoms.